The first-order chi connectivity index (χ1) is 7.83. The van der Waals surface area contributed by atoms with Crippen molar-refractivity contribution in [3.63, 3.8) is 0 Å². The molecular weight excluding hydrogens is 206 g/mol. The van der Waals surface area contributed by atoms with Gasteiger partial charge in [-0.2, -0.15) is 0 Å². The molecule has 1 aromatic heterocycles. The maximum Gasteiger partial charge on any atom is 0.148 e. The predicted octanol–water partition coefficient (Wildman–Crippen LogP) is 0.509. The third kappa shape index (κ3) is 3.32. The van der Waals surface area contributed by atoms with Gasteiger partial charge in [-0.05, 0) is 12.8 Å². The fourth-order valence-corrected chi connectivity index (χ4v) is 1.46. The molecule has 5 N–H and O–H groups in total. The summed E-state index contributed by atoms with van der Waals surface area (Å²) in [6, 6.07) is 0. The topological polar surface area (TPSA) is 96.1 Å². The number of hydrogen-bond donors (Lipinski definition) is 4. The van der Waals surface area contributed by atoms with Gasteiger partial charge in [0.25, 0.3) is 0 Å². The van der Waals surface area contributed by atoms with E-state index in [-0.39, 0.29) is 6.61 Å². The highest BCUT2D eigenvalue weighted by atomic mass is 16.3. The summed E-state index contributed by atoms with van der Waals surface area (Å²) in [5, 5.41) is 11.9. The number of nitrogen functional groups attached to an aromatic ring is 1. The summed E-state index contributed by atoms with van der Waals surface area (Å²) in [7, 11) is 0. The van der Waals surface area contributed by atoms with Gasteiger partial charge in [0.1, 0.15) is 18.0 Å². The van der Waals surface area contributed by atoms with Crippen LogP contribution in [0.25, 0.3) is 0 Å². The second-order valence-corrected chi connectivity index (χ2v) is 3.45. The number of nitrogens with zero attached hydrogens (tertiary/aromatic N) is 2. The molecule has 0 saturated carbocycles. The van der Waals surface area contributed by atoms with Crippen LogP contribution in [-0.2, 0) is 6.42 Å². The van der Waals surface area contributed by atoms with E-state index in [2.05, 4.69) is 27.6 Å². The number of aliphatic hydroxyl groups excluding tert-OH is 1. The van der Waals surface area contributed by atoms with Gasteiger partial charge in [0.05, 0.1) is 0 Å². The van der Waals surface area contributed by atoms with Gasteiger partial charge in [0.15, 0.2) is 0 Å². The molecule has 16 heavy (non-hydrogen) atoms. The molecule has 6 nitrogen and oxygen atoms in total. The summed E-state index contributed by atoms with van der Waals surface area (Å²) in [6.07, 6.45) is 4.02. The molecule has 0 aliphatic heterocycles. The number of rotatable bonds is 7. The zero-order valence-corrected chi connectivity index (χ0v) is 9.53. The van der Waals surface area contributed by atoms with Crippen molar-refractivity contribution in [3.05, 3.63) is 11.9 Å². The maximum absolute atomic E-state index is 8.71. The minimum Gasteiger partial charge on any atom is -0.396 e. The van der Waals surface area contributed by atoms with Gasteiger partial charge in [-0.15, -0.1) is 0 Å². The van der Waals surface area contributed by atoms with Crippen molar-refractivity contribution in [2.45, 2.75) is 26.2 Å². The fourth-order valence-electron chi connectivity index (χ4n) is 1.46. The van der Waals surface area contributed by atoms with Crippen LogP contribution in [0.15, 0.2) is 6.33 Å². The van der Waals surface area contributed by atoms with Crippen LogP contribution < -0.4 is 16.6 Å². The van der Waals surface area contributed by atoms with E-state index in [1.807, 2.05) is 0 Å². The molecule has 0 aromatic carbocycles. The number of anilines is 2. The zero-order chi connectivity index (χ0) is 11.8. The third-order valence-electron chi connectivity index (χ3n) is 2.21. The van der Waals surface area contributed by atoms with Gasteiger partial charge in [-0.3, -0.25) is 0 Å². The molecule has 1 aromatic rings. The second kappa shape index (κ2) is 6.97. The van der Waals surface area contributed by atoms with Gasteiger partial charge in [-0.25, -0.2) is 15.8 Å². The lowest BCUT2D eigenvalue weighted by Gasteiger charge is -2.12. The molecule has 0 saturated heterocycles. The van der Waals surface area contributed by atoms with E-state index >= 15 is 0 Å². The molecular formula is C10H19N5O. The van der Waals surface area contributed by atoms with Crippen molar-refractivity contribution in [1.29, 1.82) is 0 Å². The van der Waals surface area contributed by atoms with Crippen LogP contribution in [0.3, 0.4) is 0 Å². The average molecular weight is 225 g/mol. The molecule has 0 spiro atoms. The molecule has 0 radical (unpaired) electrons. The van der Waals surface area contributed by atoms with Crippen molar-refractivity contribution in [2.24, 2.45) is 5.84 Å². The Labute approximate surface area is 95.3 Å². The molecule has 0 aliphatic carbocycles. The minimum absolute atomic E-state index is 0.170. The Bertz CT molecular complexity index is 318. The number of nitrogens with one attached hydrogen (secondary N) is 2. The van der Waals surface area contributed by atoms with Crippen LogP contribution >= 0.6 is 0 Å². The lowest BCUT2D eigenvalue weighted by atomic mass is 10.1. The normalized spacial score (nSPS) is 10.2. The minimum atomic E-state index is 0.170. The molecule has 0 amide bonds. The van der Waals surface area contributed by atoms with Crippen molar-refractivity contribution in [1.82, 2.24) is 9.97 Å². The van der Waals surface area contributed by atoms with Gasteiger partial charge in [-0.1, -0.05) is 13.3 Å². The van der Waals surface area contributed by atoms with Crippen LogP contribution in [0.4, 0.5) is 11.6 Å². The number of aromatic nitrogens is 2. The number of hydrazine groups is 1. The van der Waals surface area contributed by atoms with Crippen LogP contribution in [0.1, 0.15) is 25.3 Å². The first-order valence-electron chi connectivity index (χ1n) is 5.48. The lowest BCUT2D eigenvalue weighted by Crippen LogP contribution is -2.15. The smallest absolute Gasteiger partial charge is 0.148 e. The van der Waals surface area contributed by atoms with Crippen molar-refractivity contribution < 1.29 is 5.11 Å². The van der Waals surface area contributed by atoms with Crippen LogP contribution in [0.5, 0.6) is 0 Å². The van der Waals surface area contributed by atoms with Crippen LogP contribution in [0.2, 0.25) is 0 Å². The quantitative estimate of drug-likeness (QED) is 0.307. The summed E-state index contributed by atoms with van der Waals surface area (Å²) in [6.45, 7) is 2.95. The van der Waals surface area contributed by atoms with E-state index in [1.54, 1.807) is 0 Å². The van der Waals surface area contributed by atoms with E-state index < -0.39 is 0 Å². The van der Waals surface area contributed by atoms with E-state index in [1.165, 1.54) is 6.33 Å². The SMILES string of the molecule is CCCc1c(NN)ncnc1NCCCO. The molecule has 1 heterocycles. The molecule has 0 aliphatic rings. The lowest BCUT2D eigenvalue weighted by molar-refractivity contribution is 0.292. The Balaban J connectivity index is 2.79. The van der Waals surface area contributed by atoms with Crippen molar-refractivity contribution in [3.8, 4) is 0 Å². The van der Waals surface area contributed by atoms with Gasteiger partial charge in [0, 0.05) is 18.7 Å². The Morgan fingerprint density at radius 3 is 2.75 bits per heavy atom. The highest BCUT2D eigenvalue weighted by Gasteiger charge is 2.08. The Kier molecular flexibility index (Phi) is 5.52. The van der Waals surface area contributed by atoms with Crippen LogP contribution in [0, 0.1) is 0 Å². The monoisotopic (exact) mass is 225 g/mol. The van der Waals surface area contributed by atoms with Crippen LogP contribution in [-0.4, -0.2) is 28.2 Å². The van der Waals surface area contributed by atoms with E-state index in [9.17, 15) is 0 Å². The molecule has 0 unspecified atom stereocenters. The Morgan fingerprint density at radius 1 is 1.38 bits per heavy atom. The predicted molar refractivity (Wildman–Crippen MR) is 64.0 cm³/mol. The van der Waals surface area contributed by atoms with Gasteiger partial charge < -0.3 is 15.8 Å². The van der Waals surface area contributed by atoms with Crippen molar-refractivity contribution in [2.75, 3.05) is 23.9 Å². The molecule has 0 bridgehead atoms. The molecule has 6 heteroatoms. The largest absolute Gasteiger partial charge is 0.396 e. The van der Waals surface area contributed by atoms with E-state index in [4.69, 9.17) is 10.9 Å². The highest BCUT2D eigenvalue weighted by molar-refractivity contribution is 5.56. The maximum atomic E-state index is 8.71. The third-order valence-corrected chi connectivity index (χ3v) is 2.21. The second-order valence-electron chi connectivity index (χ2n) is 3.45. The summed E-state index contributed by atoms with van der Waals surface area (Å²) < 4.78 is 0. The molecule has 0 fully saturated rings. The Morgan fingerprint density at radius 2 is 2.12 bits per heavy atom. The average Bonchev–Trinajstić information content (AvgIpc) is 2.31. The number of aliphatic hydroxyl groups is 1. The van der Waals surface area contributed by atoms with Crippen molar-refractivity contribution >= 4 is 11.6 Å². The van der Waals surface area contributed by atoms with Gasteiger partial charge >= 0.3 is 0 Å². The summed E-state index contributed by atoms with van der Waals surface area (Å²) in [4.78, 5) is 8.25. The molecule has 0 atom stereocenters. The van der Waals surface area contributed by atoms with Gasteiger partial charge in [0.2, 0.25) is 0 Å². The summed E-state index contributed by atoms with van der Waals surface area (Å²) >= 11 is 0. The molecule has 90 valence electrons. The first kappa shape index (κ1) is 12.7. The highest BCUT2D eigenvalue weighted by Crippen LogP contribution is 2.20. The fraction of sp³-hybridized carbons (Fsp3) is 0.600. The first-order valence-corrected chi connectivity index (χ1v) is 5.48. The summed E-state index contributed by atoms with van der Waals surface area (Å²) in [5.74, 6) is 6.84. The number of nitrogens with two attached hydrogens (primary N) is 1. The van der Waals surface area contributed by atoms with E-state index in [0.29, 0.717) is 18.8 Å². The number of hydrogen-bond acceptors (Lipinski definition) is 6. The Hall–Kier alpha value is -1.40. The molecule has 1 rings (SSSR count). The van der Waals surface area contributed by atoms with E-state index in [0.717, 1.165) is 24.2 Å². The zero-order valence-electron chi connectivity index (χ0n) is 9.53. The summed E-state index contributed by atoms with van der Waals surface area (Å²) in [5.41, 5.74) is 3.56. The standard InChI is InChI=1S/C10H19N5O/c1-2-4-8-9(12-5-3-6-16)13-7-14-10(8)15-11/h7,16H,2-6,11H2,1H3,(H2,12,13,14,15).